The molecule has 0 heterocycles. The van der Waals surface area contributed by atoms with Gasteiger partial charge in [-0.05, 0) is 24.5 Å². The van der Waals surface area contributed by atoms with E-state index >= 15 is 0 Å². The number of aliphatic hydroxyl groups excluding tert-OH is 1. The Balaban J connectivity index is 2.79. The summed E-state index contributed by atoms with van der Waals surface area (Å²) in [6.45, 7) is 3.91. The summed E-state index contributed by atoms with van der Waals surface area (Å²) in [5.74, 6) is 0. The van der Waals surface area contributed by atoms with Gasteiger partial charge >= 0.3 is 0 Å². The minimum Gasteiger partial charge on any atom is -0.387 e. The second kappa shape index (κ2) is 4.40. The van der Waals surface area contributed by atoms with Gasteiger partial charge < -0.3 is 10.8 Å². The second-order valence-electron chi connectivity index (χ2n) is 3.40. The second-order valence-corrected chi connectivity index (χ2v) is 3.40. The number of nitrogens with two attached hydrogens (primary N) is 1. The van der Waals surface area contributed by atoms with E-state index in [1.165, 1.54) is 5.56 Å². The summed E-state index contributed by atoms with van der Waals surface area (Å²) in [5.41, 5.74) is 7.76. The largest absolute Gasteiger partial charge is 0.387 e. The molecule has 0 saturated carbocycles. The van der Waals surface area contributed by atoms with Crippen molar-refractivity contribution in [2.24, 2.45) is 5.73 Å². The van der Waals surface area contributed by atoms with Crippen LogP contribution < -0.4 is 5.73 Å². The third kappa shape index (κ3) is 2.54. The number of aryl methyl sites for hydroxylation is 1. The number of aliphatic hydroxyl groups is 1. The highest BCUT2D eigenvalue weighted by Crippen LogP contribution is 2.16. The average Bonchev–Trinajstić information content (AvgIpc) is 2.17. The van der Waals surface area contributed by atoms with Gasteiger partial charge in [0.25, 0.3) is 0 Å². The van der Waals surface area contributed by atoms with Gasteiger partial charge in [-0.2, -0.15) is 0 Å². The topological polar surface area (TPSA) is 46.2 Å². The zero-order valence-corrected chi connectivity index (χ0v) is 8.20. The van der Waals surface area contributed by atoms with Crippen LogP contribution >= 0.6 is 0 Å². The van der Waals surface area contributed by atoms with E-state index in [2.05, 4.69) is 6.92 Å². The summed E-state index contributed by atoms with van der Waals surface area (Å²) in [6, 6.07) is 7.72. The fraction of sp³-hybridized carbons (Fsp3) is 0.455. The Kier molecular flexibility index (Phi) is 3.46. The number of rotatable bonds is 3. The van der Waals surface area contributed by atoms with Crippen LogP contribution in [0.1, 0.15) is 31.1 Å². The van der Waals surface area contributed by atoms with Crippen molar-refractivity contribution in [2.75, 3.05) is 0 Å². The van der Waals surface area contributed by atoms with Crippen LogP contribution in [0.5, 0.6) is 0 Å². The first kappa shape index (κ1) is 10.2. The van der Waals surface area contributed by atoms with Gasteiger partial charge in [-0.3, -0.25) is 0 Å². The molecule has 0 fully saturated rings. The molecule has 0 saturated heterocycles. The Morgan fingerprint density at radius 3 is 2.23 bits per heavy atom. The van der Waals surface area contributed by atoms with Gasteiger partial charge in [-0.15, -0.1) is 0 Å². The summed E-state index contributed by atoms with van der Waals surface area (Å²) in [6.07, 6.45) is 0.472. The van der Waals surface area contributed by atoms with Crippen LogP contribution in [0, 0.1) is 0 Å². The van der Waals surface area contributed by atoms with E-state index in [1.807, 2.05) is 24.3 Å². The molecular formula is C11H17NO. The molecular weight excluding hydrogens is 162 g/mol. The Morgan fingerprint density at radius 1 is 1.31 bits per heavy atom. The van der Waals surface area contributed by atoms with E-state index < -0.39 is 6.10 Å². The van der Waals surface area contributed by atoms with Gasteiger partial charge in [0.2, 0.25) is 0 Å². The van der Waals surface area contributed by atoms with Crippen molar-refractivity contribution in [3.05, 3.63) is 35.4 Å². The average molecular weight is 179 g/mol. The first-order valence-corrected chi connectivity index (χ1v) is 4.67. The molecule has 0 radical (unpaired) electrons. The van der Waals surface area contributed by atoms with Crippen molar-refractivity contribution in [3.63, 3.8) is 0 Å². The molecule has 0 aromatic heterocycles. The number of benzene rings is 1. The van der Waals surface area contributed by atoms with Crippen molar-refractivity contribution >= 4 is 0 Å². The normalized spacial score (nSPS) is 15.4. The molecule has 13 heavy (non-hydrogen) atoms. The molecule has 2 heteroatoms. The van der Waals surface area contributed by atoms with Crippen molar-refractivity contribution in [1.82, 2.24) is 0 Å². The van der Waals surface area contributed by atoms with Gasteiger partial charge in [0.1, 0.15) is 0 Å². The van der Waals surface area contributed by atoms with Crippen LogP contribution in [-0.4, -0.2) is 11.1 Å². The van der Waals surface area contributed by atoms with E-state index in [-0.39, 0.29) is 6.04 Å². The van der Waals surface area contributed by atoms with E-state index in [0.29, 0.717) is 0 Å². The molecule has 1 aromatic carbocycles. The monoisotopic (exact) mass is 179 g/mol. The molecule has 0 aliphatic rings. The highest BCUT2D eigenvalue weighted by Gasteiger charge is 2.11. The molecule has 0 bridgehead atoms. The van der Waals surface area contributed by atoms with Crippen molar-refractivity contribution in [1.29, 1.82) is 0 Å². The lowest BCUT2D eigenvalue weighted by Crippen LogP contribution is -2.24. The fourth-order valence-corrected chi connectivity index (χ4v) is 1.25. The van der Waals surface area contributed by atoms with Gasteiger partial charge in [0.05, 0.1) is 6.10 Å². The lowest BCUT2D eigenvalue weighted by molar-refractivity contribution is 0.153. The molecule has 0 aliphatic carbocycles. The molecule has 0 spiro atoms. The quantitative estimate of drug-likeness (QED) is 0.740. The maximum Gasteiger partial charge on any atom is 0.0938 e. The number of hydrogen-bond donors (Lipinski definition) is 2. The summed E-state index contributed by atoms with van der Waals surface area (Å²) in [7, 11) is 0. The summed E-state index contributed by atoms with van der Waals surface area (Å²) in [5, 5.41) is 9.64. The molecule has 1 aromatic rings. The predicted octanol–water partition coefficient (Wildman–Crippen LogP) is 1.63. The standard InChI is InChI=1S/C11H17NO/c1-3-9-4-6-10(7-5-9)11(13)8(2)12/h4-8,11,13H,3,12H2,1-2H3/t8?,11-/m0/s1. The Morgan fingerprint density at radius 2 is 1.85 bits per heavy atom. The lowest BCUT2D eigenvalue weighted by Gasteiger charge is -2.14. The SMILES string of the molecule is CCc1ccc([C@@H](O)C(C)N)cc1. The van der Waals surface area contributed by atoms with Crippen LogP contribution in [-0.2, 0) is 6.42 Å². The molecule has 1 unspecified atom stereocenters. The third-order valence-electron chi connectivity index (χ3n) is 2.23. The maximum absolute atomic E-state index is 9.64. The minimum atomic E-state index is -0.550. The van der Waals surface area contributed by atoms with E-state index in [0.717, 1.165) is 12.0 Å². The summed E-state index contributed by atoms with van der Waals surface area (Å²) in [4.78, 5) is 0. The maximum atomic E-state index is 9.64. The van der Waals surface area contributed by atoms with Gasteiger partial charge in [-0.1, -0.05) is 31.2 Å². The minimum absolute atomic E-state index is 0.215. The Bertz CT molecular complexity index is 253. The first-order chi connectivity index (χ1) is 6.15. The highest BCUT2D eigenvalue weighted by atomic mass is 16.3. The molecule has 72 valence electrons. The summed E-state index contributed by atoms with van der Waals surface area (Å²) < 4.78 is 0. The van der Waals surface area contributed by atoms with E-state index in [1.54, 1.807) is 6.92 Å². The third-order valence-corrected chi connectivity index (χ3v) is 2.23. The van der Waals surface area contributed by atoms with Crippen molar-refractivity contribution < 1.29 is 5.11 Å². The van der Waals surface area contributed by atoms with Gasteiger partial charge in [-0.25, -0.2) is 0 Å². The fourth-order valence-electron chi connectivity index (χ4n) is 1.25. The van der Waals surface area contributed by atoms with Crippen molar-refractivity contribution in [3.8, 4) is 0 Å². The molecule has 2 nitrogen and oxygen atoms in total. The smallest absolute Gasteiger partial charge is 0.0938 e. The van der Waals surface area contributed by atoms with Gasteiger partial charge in [0.15, 0.2) is 0 Å². The van der Waals surface area contributed by atoms with Crippen LogP contribution in [0.25, 0.3) is 0 Å². The Hall–Kier alpha value is -0.860. The van der Waals surface area contributed by atoms with Crippen LogP contribution in [0.15, 0.2) is 24.3 Å². The van der Waals surface area contributed by atoms with Crippen LogP contribution in [0.2, 0.25) is 0 Å². The molecule has 0 amide bonds. The zero-order chi connectivity index (χ0) is 9.84. The first-order valence-electron chi connectivity index (χ1n) is 4.67. The molecule has 2 atom stereocenters. The zero-order valence-electron chi connectivity index (χ0n) is 8.20. The molecule has 3 N–H and O–H groups in total. The molecule has 1 rings (SSSR count). The summed E-state index contributed by atoms with van der Waals surface area (Å²) >= 11 is 0. The van der Waals surface area contributed by atoms with Gasteiger partial charge in [0, 0.05) is 6.04 Å². The lowest BCUT2D eigenvalue weighted by atomic mass is 10.0. The van der Waals surface area contributed by atoms with Crippen LogP contribution in [0.3, 0.4) is 0 Å². The Labute approximate surface area is 79.4 Å². The number of hydrogen-bond acceptors (Lipinski definition) is 2. The van der Waals surface area contributed by atoms with E-state index in [9.17, 15) is 5.11 Å². The van der Waals surface area contributed by atoms with Crippen LogP contribution in [0.4, 0.5) is 0 Å². The molecule has 0 aliphatic heterocycles. The predicted molar refractivity (Wildman–Crippen MR) is 54.4 cm³/mol. The highest BCUT2D eigenvalue weighted by molar-refractivity contribution is 5.24. The van der Waals surface area contributed by atoms with Crippen molar-refractivity contribution in [2.45, 2.75) is 32.4 Å². The van der Waals surface area contributed by atoms with E-state index in [4.69, 9.17) is 5.73 Å².